The van der Waals surface area contributed by atoms with Crippen LogP contribution in [0.3, 0.4) is 0 Å². The van der Waals surface area contributed by atoms with Crippen molar-refractivity contribution in [3.05, 3.63) is 48.0 Å². The number of carbonyl (C=O) groups is 1. The summed E-state index contributed by atoms with van der Waals surface area (Å²) in [6.07, 6.45) is 3.70. The number of aromatic nitrogens is 2. The minimum absolute atomic E-state index is 0.0499. The van der Waals surface area contributed by atoms with Gasteiger partial charge in [0.15, 0.2) is 11.6 Å². The summed E-state index contributed by atoms with van der Waals surface area (Å²) in [6.45, 7) is 13.7. The van der Waals surface area contributed by atoms with Gasteiger partial charge in [-0.25, -0.2) is 14.2 Å². The number of halogens is 1. The van der Waals surface area contributed by atoms with E-state index in [2.05, 4.69) is 42.6 Å². The molecule has 1 saturated heterocycles. The van der Waals surface area contributed by atoms with Crippen molar-refractivity contribution < 1.29 is 23.4 Å². The smallest absolute Gasteiger partial charge is 0.319 e. The average molecular weight is 529 g/mol. The number of rotatable bonds is 11. The van der Waals surface area contributed by atoms with E-state index in [4.69, 9.17) is 14.2 Å². The summed E-state index contributed by atoms with van der Waals surface area (Å²) in [7, 11) is -0.668. The Morgan fingerprint density at radius 2 is 2.05 bits per heavy atom. The molecule has 0 radical (unpaired) electrons. The topological polar surface area (TPSA) is 86.6 Å². The zero-order valence-corrected chi connectivity index (χ0v) is 23.4. The lowest BCUT2D eigenvalue weighted by atomic mass is 9.89. The van der Waals surface area contributed by atoms with E-state index < -0.39 is 20.6 Å². The number of nitrogens with zero attached hydrogens (tertiary/aromatic N) is 2. The first-order valence-electron chi connectivity index (χ1n) is 12.8. The van der Waals surface area contributed by atoms with Gasteiger partial charge < -0.3 is 29.4 Å². The summed E-state index contributed by atoms with van der Waals surface area (Å²) in [5.41, 5.74) is 2.09. The second-order valence-electron chi connectivity index (χ2n) is 10.8. The Balaban J connectivity index is 1.48. The second-order valence-corrected chi connectivity index (χ2v) is 14.2. The Hall–Kier alpha value is -2.95. The molecule has 1 aliphatic rings. The first kappa shape index (κ1) is 27.1. The molecule has 200 valence electrons. The van der Waals surface area contributed by atoms with Crippen LogP contribution in [0.25, 0.3) is 11.0 Å². The zero-order valence-electron chi connectivity index (χ0n) is 22.3. The molecule has 0 saturated carbocycles. The van der Waals surface area contributed by atoms with Gasteiger partial charge in [0.25, 0.3) is 0 Å². The van der Waals surface area contributed by atoms with Gasteiger partial charge in [0.05, 0.1) is 18.6 Å². The van der Waals surface area contributed by atoms with E-state index in [1.165, 1.54) is 12.1 Å². The average Bonchev–Trinajstić information content (AvgIpc) is 3.21. The first-order chi connectivity index (χ1) is 17.6. The SMILES string of the molecule is CC(C)c1cn(COCC[SiH](C)C)c2nccc(Oc3ccc(NC(=O)NCC4(C)COC4)cc3F)c12. The van der Waals surface area contributed by atoms with Crippen molar-refractivity contribution in [2.75, 3.05) is 31.7 Å². The van der Waals surface area contributed by atoms with E-state index in [1.807, 2.05) is 17.7 Å². The summed E-state index contributed by atoms with van der Waals surface area (Å²) in [4.78, 5) is 16.8. The number of carbonyl (C=O) groups excluding carboxylic acids is 1. The normalized spacial score (nSPS) is 14.7. The maximum atomic E-state index is 15.0. The van der Waals surface area contributed by atoms with Crippen molar-refractivity contribution in [3.8, 4) is 11.5 Å². The number of nitrogens with one attached hydrogen (secondary N) is 2. The fraction of sp³-hybridized carbons (Fsp3) is 0.481. The standard InChI is InChI=1S/C27H37FN4O4Si/c1-18(2)20-13-32(17-34-10-11-37(4)5)25-24(20)23(8-9-29-25)36-22-7-6-19(12-21(22)28)31-26(33)30-14-27(3)15-35-16-27/h6-9,12-13,18,37H,10-11,14-17H2,1-5H3,(H2,30,31,33). The predicted octanol–water partition coefficient (Wildman–Crippen LogP) is 5.71. The molecule has 4 rings (SSSR count). The molecule has 0 spiro atoms. The lowest BCUT2D eigenvalue weighted by Crippen LogP contribution is -2.49. The number of ether oxygens (including phenoxy) is 3. The van der Waals surface area contributed by atoms with Crippen LogP contribution in [0.4, 0.5) is 14.9 Å². The summed E-state index contributed by atoms with van der Waals surface area (Å²) >= 11 is 0. The number of urea groups is 1. The fourth-order valence-corrected chi connectivity index (χ4v) is 4.76. The van der Waals surface area contributed by atoms with Gasteiger partial charge >= 0.3 is 6.03 Å². The molecule has 2 N–H and O–H groups in total. The van der Waals surface area contributed by atoms with Gasteiger partial charge in [-0.1, -0.05) is 33.9 Å². The number of fused-ring (bicyclic) bond motifs is 1. The van der Waals surface area contributed by atoms with E-state index in [9.17, 15) is 4.79 Å². The summed E-state index contributed by atoms with van der Waals surface area (Å²) in [6, 6.07) is 6.86. The van der Waals surface area contributed by atoms with E-state index in [-0.39, 0.29) is 17.1 Å². The van der Waals surface area contributed by atoms with Gasteiger partial charge in [-0.15, -0.1) is 0 Å². The number of hydrogen-bond acceptors (Lipinski definition) is 5. The van der Waals surface area contributed by atoms with Gasteiger partial charge in [0.2, 0.25) is 0 Å². The van der Waals surface area contributed by atoms with Gasteiger partial charge in [0.1, 0.15) is 18.1 Å². The van der Waals surface area contributed by atoms with Gasteiger partial charge in [-0.2, -0.15) is 0 Å². The van der Waals surface area contributed by atoms with Crippen molar-refractivity contribution in [2.45, 2.75) is 52.6 Å². The van der Waals surface area contributed by atoms with Crippen LogP contribution < -0.4 is 15.4 Å². The zero-order chi connectivity index (χ0) is 26.6. The molecular weight excluding hydrogens is 491 g/mol. The molecule has 0 aliphatic carbocycles. The van der Waals surface area contributed by atoms with Crippen LogP contribution in [0, 0.1) is 11.2 Å². The van der Waals surface area contributed by atoms with Gasteiger partial charge in [0, 0.05) is 51.5 Å². The molecule has 2 amide bonds. The maximum absolute atomic E-state index is 15.0. The molecule has 8 nitrogen and oxygen atoms in total. The number of pyridine rings is 1. The maximum Gasteiger partial charge on any atom is 0.319 e. The lowest BCUT2D eigenvalue weighted by molar-refractivity contribution is -0.0974. The monoisotopic (exact) mass is 528 g/mol. The molecule has 37 heavy (non-hydrogen) atoms. The van der Waals surface area contributed by atoms with Crippen molar-refractivity contribution in [3.63, 3.8) is 0 Å². The lowest BCUT2D eigenvalue weighted by Gasteiger charge is -2.37. The Labute approximate surface area is 219 Å². The summed E-state index contributed by atoms with van der Waals surface area (Å²) in [5.74, 6) is 0.226. The molecule has 1 aliphatic heterocycles. The Morgan fingerprint density at radius 1 is 1.27 bits per heavy atom. The number of hydrogen-bond donors (Lipinski definition) is 2. The highest BCUT2D eigenvalue weighted by molar-refractivity contribution is 6.55. The first-order valence-corrected chi connectivity index (χ1v) is 15.9. The molecular formula is C27H37FN4O4Si. The van der Waals surface area contributed by atoms with Crippen LogP contribution >= 0.6 is 0 Å². The minimum Gasteiger partial charge on any atom is -0.453 e. The van der Waals surface area contributed by atoms with Gasteiger partial charge in [-0.3, -0.25) is 0 Å². The fourth-order valence-electron chi connectivity index (χ4n) is 4.12. The minimum atomic E-state index is -0.668. The van der Waals surface area contributed by atoms with Crippen LogP contribution in [0.2, 0.25) is 19.1 Å². The quantitative estimate of drug-likeness (QED) is 0.246. The van der Waals surface area contributed by atoms with Crippen LogP contribution in [0.5, 0.6) is 11.5 Å². The van der Waals surface area contributed by atoms with Crippen LogP contribution in [0.1, 0.15) is 32.3 Å². The van der Waals surface area contributed by atoms with E-state index in [0.717, 1.165) is 29.2 Å². The number of anilines is 1. The molecule has 0 bridgehead atoms. The molecule has 2 aromatic heterocycles. The number of amides is 2. The highest BCUT2D eigenvalue weighted by Gasteiger charge is 2.33. The second kappa shape index (κ2) is 11.6. The third kappa shape index (κ3) is 6.68. The van der Waals surface area contributed by atoms with Crippen molar-refractivity contribution in [1.29, 1.82) is 0 Å². The summed E-state index contributed by atoms with van der Waals surface area (Å²) < 4.78 is 34.2. The van der Waals surface area contributed by atoms with Crippen LogP contribution in [-0.2, 0) is 16.2 Å². The number of benzene rings is 1. The van der Waals surface area contributed by atoms with Crippen molar-refractivity contribution in [2.24, 2.45) is 5.41 Å². The molecule has 1 fully saturated rings. The Kier molecular flexibility index (Phi) is 8.51. The molecule has 1 aromatic carbocycles. The van der Waals surface area contributed by atoms with Crippen LogP contribution in [0.15, 0.2) is 36.7 Å². The van der Waals surface area contributed by atoms with Gasteiger partial charge in [-0.05, 0) is 35.7 Å². The molecule has 0 unspecified atom stereocenters. The molecule has 3 heterocycles. The summed E-state index contributed by atoms with van der Waals surface area (Å²) in [5, 5.41) is 6.32. The van der Waals surface area contributed by atoms with E-state index in [1.54, 1.807) is 18.3 Å². The van der Waals surface area contributed by atoms with Crippen LogP contribution in [-0.4, -0.2) is 50.7 Å². The Bertz CT molecular complexity index is 1240. The predicted molar refractivity (Wildman–Crippen MR) is 146 cm³/mol. The molecule has 3 aromatic rings. The molecule has 10 heteroatoms. The third-order valence-corrected chi connectivity index (χ3v) is 7.82. The highest BCUT2D eigenvalue weighted by atomic mass is 28.3. The van der Waals surface area contributed by atoms with Crippen molar-refractivity contribution >= 4 is 31.5 Å². The molecule has 0 atom stereocenters. The largest absolute Gasteiger partial charge is 0.453 e. The Morgan fingerprint density at radius 3 is 2.70 bits per heavy atom. The third-order valence-electron chi connectivity index (χ3n) is 6.43. The van der Waals surface area contributed by atoms with Crippen molar-refractivity contribution in [1.82, 2.24) is 14.9 Å². The highest BCUT2D eigenvalue weighted by Crippen LogP contribution is 2.37. The van der Waals surface area contributed by atoms with E-state index in [0.29, 0.717) is 37.9 Å². The van der Waals surface area contributed by atoms with E-state index >= 15 is 4.39 Å².